The zero-order chi connectivity index (χ0) is 12.4. The van der Waals surface area contributed by atoms with Crippen LogP contribution in [0.5, 0.6) is 0 Å². The number of H-pyrrole nitrogens is 1. The maximum absolute atomic E-state index is 11.6. The van der Waals surface area contributed by atoms with Crippen LogP contribution in [0, 0.1) is 0 Å². The predicted octanol–water partition coefficient (Wildman–Crippen LogP) is 0.138. The summed E-state index contributed by atoms with van der Waals surface area (Å²) in [4.78, 5) is 30.7. The first kappa shape index (κ1) is 11.9. The molecule has 1 aliphatic rings. The molecule has 0 spiro atoms. The lowest BCUT2D eigenvalue weighted by molar-refractivity contribution is -0.119. The number of rotatable bonds is 4. The second-order valence-electron chi connectivity index (χ2n) is 4.07. The smallest absolute Gasteiger partial charge is 0.271 e. The first-order chi connectivity index (χ1) is 8.08. The summed E-state index contributed by atoms with van der Waals surface area (Å²) in [5.41, 5.74) is -0.411. The summed E-state index contributed by atoms with van der Waals surface area (Å²) in [5, 5.41) is 2.85. The number of nitrogens with one attached hydrogen (secondary N) is 2. The zero-order valence-corrected chi connectivity index (χ0v) is 10.1. The topological polar surface area (TPSA) is 78.1 Å². The van der Waals surface area contributed by atoms with Crippen molar-refractivity contribution in [2.75, 3.05) is 18.5 Å². The number of likely N-dealkylation sites (N-methyl/N-ethyl adjacent to an activating group) is 1. The van der Waals surface area contributed by atoms with Crippen molar-refractivity contribution < 1.29 is 4.79 Å². The summed E-state index contributed by atoms with van der Waals surface area (Å²) in [6, 6.07) is 0.318. The van der Waals surface area contributed by atoms with Gasteiger partial charge in [-0.15, -0.1) is 0 Å². The molecule has 1 saturated carbocycles. The van der Waals surface area contributed by atoms with Gasteiger partial charge < -0.3 is 15.2 Å². The van der Waals surface area contributed by atoms with Crippen molar-refractivity contribution in [3.63, 3.8) is 0 Å². The number of carbonyl (C=O) groups excluding carboxylic acids is 1. The van der Waals surface area contributed by atoms with Gasteiger partial charge in [-0.25, -0.2) is 4.98 Å². The number of nitrogens with zero attached hydrogens (tertiary/aromatic N) is 2. The summed E-state index contributed by atoms with van der Waals surface area (Å²) in [5.74, 6) is 0.217. The third kappa shape index (κ3) is 2.97. The van der Waals surface area contributed by atoms with Gasteiger partial charge in [0.1, 0.15) is 5.02 Å². The molecule has 0 aliphatic heterocycles. The highest BCUT2D eigenvalue weighted by molar-refractivity contribution is 6.32. The van der Waals surface area contributed by atoms with Crippen LogP contribution in [-0.4, -0.2) is 35.5 Å². The molecular formula is C10H13ClN4O2. The van der Waals surface area contributed by atoms with Crippen molar-refractivity contribution in [1.29, 1.82) is 0 Å². The van der Waals surface area contributed by atoms with E-state index in [4.69, 9.17) is 11.6 Å². The first-order valence-electron chi connectivity index (χ1n) is 5.31. The lowest BCUT2D eigenvalue weighted by Crippen LogP contribution is -2.37. The average molecular weight is 257 g/mol. The molecule has 1 aromatic heterocycles. The van der Waals surface area contributed by atoms with Crippen molar-refractivity contribution in [3.8, 4) is 0 Å². The summed E-state index contributed by atoms with van der Waals surface area (Å²) < 4.78 is 0. The molecule has 0 unspecified atom stereocenters. The van der Waals surface area contributed by atoms with Crippen molar-refractivity contribution in [2.45, 2.75) is 18.9 Å². The van der Waals surface area contributed by atoms with Crippen LogP contribution in [0.15, 0.2) is 11.1 Å². The molecule has 0 radical (unpaired) electrons. The molecule has 1 aromatic rings. The Morgan fingerprint density at radius 1 is 1.71 bits per heavy atom. The summed E-state index contributed by atoms with van der Waals surface area (Å²) in [7, 11) is 1.67. The molecule has 0 saturated heterocycles. The van der Waals surface area contributed by atoms with Gasteiger partial charge in [0.05, 0.1) is 12.9 Å². The van der Waals surface area contributed by atoms with Crippen LogP contribution in [0.4, 0.5) is 5.82 Å². The van der Waals surface area contributed by atoms with E-state index >= 15 is 0 Å². The molecule has 1 heterocycles. The fourth-order valence-electron chi connectivity index (χ4n) is 1.43. The molecule has 0 atom stereocenters. The molecule has 2 rings (SSSR count). The van der Waals surface area contributed by atoms with E-state index in [1.54, 1.807) is 11.9 Å². The molecule has 1 fully saturated rings. The third-order valence-electron chi connectivity index (χ3n) is 2.46. The minimum absolute atomic E-state index is 0.00535. The molecular weight excluding hydrogens is 244 g/mol. The molecule has 6 nitrogen and oxygen atoms in total. The number of aromatic nitrogens is 2. The van der Waals surface area contributed by atoms with E-state index in [2.05, 4.69) is 15.3 Å². The van der Waals surface area contributed by atoms with Gasteiger partial charge in [0.15, 0.2) is 5.82 Å². The van der Waals surface area contributed by atoms with Gasteiger partial charge in [0.2, 0.25) is 5.91 Å². The highest BCUT2D eigenvalue weighted by atomic mass is 35.5. The van der Waals surface area contributed by atoms with Gasteiger partial charge in [-0.2, -0.15) is 0 Å². The maximum Gasteiger partial charge on any atom is 0.271 e. The molecule has 7 heteroatoms. The van der Waals surface area contributed by atoms with Crippen molar-refractivity contribution in [3.05, 3.63) is 21.7 Å². The molecule has 0 aromatic carbocycles. The van der Waals surface area contributed by atoms with Crippen LogP contribution >= 0.6 is 11.6 Å². The van der Waals surface area contributed by atoms with E-state index in [9.17, 15) is 9.59 Å². The Morgan fingerprint density at radius 2 is 2.41 bits per heavy atom. The van der Waals surface area contributed by atoms with E-state index in [0.29, 0.717) is 11.9 Å². The van der Waals surface area contributed by atoms with Crippen molar-refractivity contribution >= 4 is 23.3 Å². The molecule has 1 aliphatic carbocycles. The highest BCUT2D eigenvalue weighted by Gasteiger charge is 2.24. The van der Waals surface area contributed by atoms with Crippen LogP contribution < -0.4 is 15.8 Å². The lowest BCUT2D eigenvalue weighted by atomic mass is 10.4. The van der Waals surface area contributed by atoms with E-state index in [1.807, 2.05) is 0 Å². The number of anilines is 1. The van der Waals surface area contributed by atoms with E-state index in [1.165, 1.54) is 6.33 Å². The molecule has 1 amide bonds. The van der Waals surface area contributed by atoms with Crippen LogP contribution in [-0.2, 0) is 4.79 Å². The lowest BCUT2D eigenvalue weighted by Gasteiger charge is -2.17. The number of halogens is 1. The Bertz CT molecular complexity index is 483. The monoisotopic (exact) mass is 256 g/mol. The fourth-order valence-corrected chi connectivity index (χ4v) is 1.68. The number of hydrogen-bond donors (Lipinski definition) is 2. The largest absolute Gasteiger partial charge is 0.352 e. The van der Waals surface area contributed by atoms with Gasteiger partial charge in [-0.1, -0.05) is 11.6 Å². The Morgan fingerprint density at radius 3 is 3.06 bits per heavy atom. The van der Waals surface area contributed by atoms with Crippen molar-refractivity contribution in [1.82, 2.24) is 15.3 Å². The zero-order valence-electron chi connectivity index (χ0n) is 9.36. The first-order valence-corrected chi connectivity index (χ1v) is 5.69. The van der Waals surface area contributed by atoms with Gasteiger partial charge in [-0.3, -0.25) is 9.59 Å². The number of carbonyl (C=O) groups is 1. The quantitative estimate of drug-likeness (QED) is 0.803. The van der Waals surface area contributed by atoms with Crippen LogP contribution in [0.1, 0.15) is 12.8 Å². The third-order valence-corrected chi connectivity index (χ3v) is 2.80. The van der Waals surface area contributed by atoms with Crippen molar-refractivity contribution in [2.24, 2.45) is 0 Å². The average Bonchev–Trinajstić information content (AvgIpc) is 3.05. The van der Waals surface area contributed by atoms with Gasteiger partial charge >= 0.3 is 0 Å². The molecule has 2 N–H and O–H groups in total. The minimum Gasteiger partial charge on any atom is -0.352 e. The van der Waals surface area contributed by atoms with E-state index < -0.39 is 5.56 Å². The maximum atomic E-state index is 11.6. The standard InChI is InChI=1S/C10H13ClN4O2/c1-15(4-7(16)14-6-2-3-6)9-8(11)10(17)13-5-12-9/h5-6H,2-4H2,1H3,(H,14,16)(H,12,13,17). The Kier molecular flexibility index (Phi) is 3.33. The molecule has 0 bridgehead atoms. The normalized spacial score (nSPS) is 14.5. The van der Waals surface area contributed by atoms with Gasteiger partial charge in [-0.05, 0) is 12.8 Å². The fraction of sp³-hybridized carbons (Fsp3) is 0.500. The summed E-state index contributed by atoms with van der Waals surface area (Å²) in [6.07, 6.45) is 3.35. The SMILES string of the molecule is CN(CC(=O)NC1CC1)c1nc[nH]c(=O)c1Cl. The van der Waals surface area contributed by atoms with Gasteiger partial charge in [0, 0.05) is 13.1 Å². The second kappa shape index (κ2) is 4.75. The van der Waals surface area contributed by atoms with Gasteiger partial charge in [0.25, 0.3) is 5.56 Å². The summed E-state index contributed by atoms with van der Waals surface area (Å²) in [6.45, 7) is 0.132. The molecule has 17 heavy (non-hydrogen) atoms. The van der Waals surface area contributed by atoms with Crippen LogP contribution in [0.2, 0.25) is 5.02 Å². The number of hydrogen-bond acceptors (Lipinski definition) is 4. The Balaban J connectivity index is 2.03. The number of amides is 1. The molecule has 92 valence electrons. The van der Waals surface area contributed by atoms with Crippen LogP contribution in [0.25, 0.3) is 0 Å². The van der Waals surface area contributed by atoms with Crippen LogP contribution in [0.3, 0.4) is 0 Å². The predicted molar refractivity (Wildman–Crippen MR) is 64.3 cm³/mol. The van der Waals surface area contributed by atoms with E-state index in [0.717, 1.165) is 12.8 Å². The van der Waals surface area contributed by atoms with E-state index in [-0.39, 0.29) is 17.5 Å². The summed E-state index contributed by atoms with van der Waals surface area (Å²) >= 11 is 5.81. The number of aromatic amines is 1. The highest BCUT2D eigenvalue weighted by Crippen LogP contribution is 2.19. The minimum atomic E-state index is -0.411. The Hall–Kier alpha value is -1.56. The Labute approximate surface area is 103 Å². The second-order valence-corrected chi connectivity index (χ2v) is 4.45.